The van der Waals surface area contributed by atoms with E-state index in [9.17, 15) is 8.42 Å². The summed E-state index contributed by atoms with van der Waals surface area (Å²) in [6.45, 7) is 7.44. The van der Waals surface area contributed by atoms with Gasteiger partial charge >= 0.3 is 0 Å². The molecule has 0 saturated heterocycles. The van der Waals surface area contributed by atoms with E-state index in [4.69, 9.17) is 10.5 Å². The van der Waals surface area contributed by atoms with Crippen molar-refractivity contribution in [2.45, 2.75) is 32.2 Å². The van der Waals surface area contributed by atoms with Crippen LogP contribution in [0.2, 0.25) is 0 Å². The van der Waals surface area contributed by atoms with Crippen LogP contribution >= 0.6 is 15.9 Å². The fourth-order valence-electron chi connectivity index (χ4n) is 1.77. The van der Waals surface area contributed by atoms with Gasteiger partial charge in [0, 0.05) is 24.2 Å². The molecular weight excluding hydrogens is 356 g/mol. The molecule has 3 N–H and O–H groups in total. The highest BCUT2D eigenvalue weighted by Crippen LogP contribution is 2.27. The summed E-state index contributed by atoms with van der Waals surface area (Å²) in [6.07, 6.45) is 0. The van der Waals surface area contributed by atoms with Crippen LogP contribution in [-0.4, -0.2) is 28.2 Å². The number of rotatable bonds is 8. The molecule has 0 aromatic heterocycles. The van der Waals surface area contributed by atoms with Gasteiger partial charge in [0.15, 0.2) is 0 Å². The zero-order chi connectivity index (χ0) is 16.0. The molecule has 0 bridgehead atoms. The van der Waals surface area contributed by atoms with Crippen LogP contribution in [0.3, 0.4) is 0 Å². The molecule has 0 heterocycles. The summed E-state index contributed by atoms with van der Waals surface area (Å²) < 4.78 is 33.1. The maximum atomic E-state index is 12.3. The molecule has 0 radical (unpaired) electrons. The number of hydrogen-bond donors (Lipinski definition) is 2. The fourth-order valence-corrected chi connectivity index (χ4v) is 3.85. The van der Waals surface area contributed by atoms with Crippen molar-refractivity contribution in [3.05, 3.63) is 27.7 Å². The summed E-state index contributed by atoms with van der Waals surface area (Å²) in [5, 5.41) is 0. The monoisotopic (exact) mass is 378 g/mol. The predicted octanol–water partition coefficient (Wildman–Crippen LogP) is 2.17. The quantitative estimate of drug-likeness (QED) is 0.679. The van der Waals surface area contributed by atoms with Gasteiger partial charge in [0.25, 0.3) is 0 Å². The summed E-state index contributed by atoms with van der Waals surface area (Å²) >= 11 is 3.33. The highest BCUT2D eigenvalue weighted by Gasteiger charge is 2.19. The van der Waals surface area contributed by atoms with Crippen LogP contribution < -0.4 is 10.5 Å². The van der Waals surface area contributed by atoms with Crippen LogP contribution in [0.4, 0.5) is 0 Å². The van der Waals surface area contributed by atoms with Gasteiger partial charge in [-0.05, 0) is 46.0 Å². The number of benzene rings is 1. The van der Waals surface area contributed by atoms with Crippen molar-refractivity contribution in [2.75, 3.05) is 19.8 Å². The van der Waals surface area contributed by atoms with Crippen LogP contribution in [0.5, 0.6) is 0 Å². The molecule has 7 heteroatoms. The normalized spacial score (nSPS) is 12.1. The van der Waals surface area contributed by atoms with Gasteiger partial charge in [-0.25, -0.2) is 13.1 Å². The predicted molar refractivity (Wildman–Crippen MR) is 87.6 cm³/mol. The van der Waals surface area contributed by atoms with Crippen molar-refractivity contribution >= 4 is 26.0 Å². The van der Waals surface area contributed by atoms with Gasteiger partial charge in [-0.3, -0.25) is 0 Å². The second kappa shape index (κ2) is 8.24. The summed E-state index contributed by atoms with van der Waals surface area (Å²) in [6, 6.07) is 3.46. The van der Waals surface area contributed by atoms with E-state index in [1.54, 1.807) is 6.07 Å². The first kappa shape index (κ1) is 18.6. The Morgan fingerprint density at radius 1 is 1.38 bits per heavy atom. The van der Waals surface area contributed by atoms with Gasteiger partial charge in [-0.1, -0.05) is 19.9 Å². The SMILES string of the molecule is Cc1cc(CN)cc(S(=O)(=O)NCCOCC(C)C)c1Br. The number of halogens is 1. The first-order chi connectivity index (χ1) is 9.77. The zero-order valence-electron chi connectivity index (χ0n) is 12.6. The Morgan fingerprint density at radius 2 is 2.05 bits per heavy atom. The summed E-state index contributed by atoms with van der Waals surface area (Å²) in [4.78, 5) is 0.215. The first-order valence-electron chi connectivity index (χ1n) is 6.84. The molecule has 0 spiro atoms. The van der Waals surface area contributed by atoms with Crippen molar-refractivity contribution in [3.8, 4) is 0 Å². The molecule has 0 amide bonds. The summed E-state index contributed by atoms with van der Waals surface area (Å²) in [7, 11) is -3.58. The lowest BCUT2D eigenvalue weighted by molar-refractivity contribution is 0.114. The maximum absolute atomic E-state index is 12.3. The molecule has 0 aliphatic rings. The number of nitrogens with one attached hydrogen (secondary N) is 1. The fraction of sp³-hybridized carbons (Fsp3) is 0.571. The highest BCUT2D eigenvalue weighted by molar-refractivity contribution is 9.10. The summed E-state index contributed by atoms with van der Waals surface area (Å²) in [5.74, 6) is 0.430. The number of ether oxygens (including phenoxy) is 1. The third-order valence-corrected chi connectivity index (χ3v) is 5.60. The Hall–Kier alpha value is -0.470. The number of aryl methyl sites for hydroxylation is 1. The largest absolute Gasteiger partial charge is 0.380 e. The average molecular weight is 379 g/mol. The topological polar surface area (TPSA) is 81.4 Å². The molecule has 1 aromatic rings. The molecule has 1 aromatic carbocycles. The molecule has 120 valence electrons. The van der Waals surface area contributed by atoms with Crippen LogP contribution in [0.25, 0.3) is 0 Å². The molecule has 21 heavy (non-hydrogen) atoms. The third kappa shape index (κ3) is 5.67. The van der Waals surface area contributed by atoms with Gasteiger partial charge in [0.1, 0.15) is 0 Å². The number of sulfonamides is 1. The van der Waals surface area contributed by atoms with E-state index in [1.807, 2.05) is 26.8 Å². The molecule has 0 saturated carbocycles. The van der Waals surface area contributed by atoms with Gasteiger partial charge in [0.05, 0.1) is 11.5 Å². The number of nitrogens with two attached hydrogens (primary N) is 1. The molecular formula is C14H23BrN2O3S. The maximum Gasteiger partial charge on any atom is 0.241 e. The lowest BCUT2D eigenvalue weighted by Crippen LogP contribution is -2.28. The molecule has 0 fully saturated rings. The van der Waals surface area contributed by atoms with Crippen molar-refractivity contribution in [2.24, 2.45) is 11.7 Å². The van der Waals surface area contributed by atoms with Crippen LogP contribution in [0, 0.1) is 12.8 Å². The van der Waals surface area contributed by atoms with E-state index < -0.39 is 10.0 Å². The molecule has 1 rings (SSSR count). The zero-order valence-corrected chi connectivity index (χ0v) is 15.1. The first-order valence-corrected chi connectivity index (χ1v) is 9.12. The van der Waals surface area contributed by atoms with E-state index in [0.717, 1.165) is 11.1 Å². The minimum Gasteiger partial charge on any atom is -0.380 e. The summed E-state index contributed by atoms with van der Waals surface area (Å²) in [5.41, 5.74) is 7.22. The average Bonchev–Trinajstić information content (AvgIpc) is 2.40. The van der Waals surface area contributed by atoms with Crippen molar-refractivity contribution in [1.82, 2.24) is 4.72 Å². The standard InChI is InChI=1S/C14H23BrN2O3S/c1-10(2)9-20-5-4-17-21(18,19)13-7-12(8-16)6-11(3)14(13)15/h6-7,10,17H,4-5,8-9,16H2,1-3H3. The third-order valence-electron chi connectivity index (χ3n) is 2.80. The Kier molecular flexibility index (Phi) is 7.29. The van der Waals surface area contributed by atoms with E-state index in [-0.39, 0.29) is 11.4 Å². The Balaban J connectivity index is 2.76. The second-order valence-corrected chi connectivity index (χ2v) is 7.82. The Labute approximate surface area is 135 Å². The van der Waals surface area contributed by atoms with E-state index in [1.165, 1.54) is 0 Å². The van der Waals surface area contributed by atoms with E-state index >= 15 is 0 Å². The van der Waals surface area contributed by atoms with Gasteiger partial charge < -0.3 is 10.5 Å². The van der Waals surface area contributed by atoms with Crippen molar-refractivity contribution < 1.29 is 13.2 Å². The van der Waals surface area contributed by atoms with Crippen LogP contribution in [0.1, 0.15) is 25.0 Å². The molecule has 0 aliphatic carbocycles. The Bertz CT molecular complexity index is 574. The smallest absolute Gasteiger partial charge is 0.241 e. The van der Waals surface area contributed by atoms with Gasteiger partial charge in [-0.15, -0.1) is 0 Å². The lowest BCUT2D eigenvalue weighted by atomic mass is 10.1. The molecule has 0 unspecified atom stereocenters. The molecule has 0 atom stereocenters. The van der Waals surface area contributed by atoms with Gasteiger partial charge in [0.2, 0.25) is 10.0 Å². The van der Waals surface area contributed by atoms with Crippen molar-refractivity contribution in [1.29, 1.82) is 0 Å². The molecule has 0 aliphatic heterocycles. The minimum absolute atomic E-state index is 0.215. The van der Waals surface area contributed by atoms with E-state index in [0.29, 0.717) is 30.1 Å². The van der Waals surface area contributed by atoms with Crippen LogP contribution in [0.15, 0.2) is 21.5 Å². The van der Waals surface area contributed by atoms with E-state index in [2.05, 4.69) is 20.7 Å². The van der Waals surface area contributed by atoms with Gasteiger partial charge in [-0.2, -0.15) is 0 Å². The minimum atomic E-state index is -3.58. The number of hydrogen-bond acceptors (Lipinski definition) is 4. The highest BCUT2D eigenvalue weighted by atomic mass is 79.9. The Morgan fingerprint density at radius 3 is 2.62 bits per heavy atom. The molecule has 5 nitrogen and oxygen atoms in total. The second-order valence-electron chi connectivity index (χ2n) is 5.30. The van der Waals surface area contributed by atoms with Crippen molar-refractivity contribution in [3.63, 3.8) is 0 Å². The lowest BCUT2D eigenvalue weighted by Gasteiger charge is -2.12. The van der Waals surface area contributed by atoms with Crippen LogP contribution in [-0.2, 0) is 21.3 Å².